The van der Waals surface area contributed by atoms with Crippen LogP contribution < -0.4 is 14.9 Å². The van der Waals surface area contributed by atoms with Crippen LogP contribution in [0.3, 0.4) is 0 Å². The van der Waals surface area contributed by atoms with E-state index >= 15 is 0 Å². The summed E-state index contributed by atoms with van der Waals surface area (Å²) in [5, 5.41) is 0. The molecule has 3 nitrogen and oxygen atoms in total. The van der Waals surface area contributed by atoms with Gasteiger partial charge < -0.3 is 9.47 Å². The van der Waals surface area contributed by atoms with Crippen molar-refractivity contribution in [1.82, 2.24) is 0 Å². The Morgan fingerprint density at radius 1 is 1.05 bits per heavy atom. The lowest BCUT2D eigenvalue weighted by Crippen LogP contribution is -2.14. The molecule has 0 fully saturated rings. The predicted molar refractivity (Wildman–Crippen MR) is 86.9 cm³/mol. The monoisotopic (exact) mass is 282 g/mol. The molecule has 0 radical (unpaired) electrons. The van der Waals surface area contributed by atoms with E-state index in [4.69, 9.17) is 9.47 Å². The van der Waals surface area contributed by atoms with E-state index in [9.17, 15) is 4.79 Å². The molecule has 108 valence electrons. The molecule has 0 bridgehead atoms. The number of hydrogen-bond acceptors (Lipinski definition) is 3. The van der Waals surface area contributed by atoms with Gasteiger partial charge in [-0.15, -0.1) is 0 Å². The highest BCUT2D eigenvalue weighted by atomic mass is 16.5. The highest BCUT2D eigenvalue weighted by Gasteiger charge is 2.11. The third-order valence-corrected chi connectivity index (χ3v) is 3.75. The van der Waals surface area contributed by atoms with E-state index in [1.807, 2.05) is 26.9 Å². The maximum absolute atomic E-state index is 12.4. The first kappa shape index (κ1) is 15.2. The van der Waals surface area contributed by atoms with Gasteiger partial charge in [0.25, 0.3) is 0 Å². The molecular formula is C17H19BO3. The molecule has 2 aromatic rings. The van der Waals surface area contributed by atoms with Crippen LogP contribution in [0.25, 0.3) is 0 Å². The van der Waals surface area contributed by atoms with Crippen molar-refractivity contribution < 1.29 is 14.3 Å². The van der Waals surface area contributed by atoms with Crippen LogP contribution in [0.15, 0.2) is 36.4 Å². The van der Waals surface area contributed by atoms with Crippen LogP contribution in [-0.2, 0) is 6.42 Å². The van der Waals surface area contributed by atoms with E-state index < -0.39 is 0 Å². The Morgan fingerprint density at radius 3 is 2.24 bits per heavy atom. The maximum atomic E-state index is 12.4. The van der Waals surface area contributed by atoms with Gasteiger partial charge in [0.1, 0.15) is 19.3 Å². The molecule has 0 spiro atoms. The number of carbonyl (C=O) groups excluding carboxylic acids is 1. The number of carbonyl (C=O) groups is 1. The molecule has 0 atom stereocenters. The quantitative estimate of drug-likeness (QED) is 0.618. The Bertz CT molecular complexity index is 648. The largest absolute Gasteiger partial charge is 0.497 e. The molecule has 0 N–H and O–H groups in total. The minimum Gasteiger partial charge on any atom is -0.497 e. The number of ketones is 1. The SMILES string of the molecule is Bc1cc(OC)cc(CC(=O)c2ccc(OC)cc2)c1C. The lowest BCUT2D eigenvalue weighted by molar-refractivity contribution is 0.0993. The highest BCUT2D eigenvalue weighted by molar-refractivity contribution is 6.33. The average molecular weight is 282 g/mol. The maximum Gasteiger partial charge on any atom is 0.167 e. The minimum atomic E-state index is 0.0911. The van der Waals surface area contributed by atoms with Crippen molar-refractivity contribution in [3.63, 3.8) is 0 Å². The summed E-state index contributed by atoms with van der Waals surface area (Å²) in [6.45, 7) is 2.03. The number of hydrogen-bond donors (Lipinski definition) is 0. The lowest BCUT2D eigenvalue weighted by atomic mass is 9.86. The van der Waals surface area contributed by atoms with Gasteiger partial charge in [-0.25, -0.2) is 0 Å². The van der Waals surface area contributed by atoms with Crippen LogP contribution in [0.1, 0.15) is 21.5 Å². The minimum absolute atomic E-state index is 0.0911. The molecule has 0 aliphatic carbocycles. The summed E-state index contributed by atoms with van der Waals surface area (Å²) in [4.78, 5) is 12.4. The van der Waals surface area contributed by atoms with Gasteiger partial charge in [0.15, 0.2) is 5.78 Å². The molecule has 0 heterocycles. The van der Waals surface area contributed by atoms with Crippen LogP contribution in [0.2, 0.25) is 0 Å². The summed E-state index contributed by atoms with van der Waals surface area (Å²) in [5.41, 5.74) is 3.97. The van der Waals surface area contributed by atoms with Crippen LogP contribution >= 0.6 is 0 Å². The van der Waals surface area contributed by atoms with Crippen molar-refractivity contribution in [2.24, 2.45) is 0 Å². The van der Waals surface area contributed by atoms with E-state index in [1.165, 1.54) is 0 Å². The van der Waals surface area contributed by atoms with Crippen molar-refractivity contribution in [2.45, 2.75) is 13.3 Å². The first-order chi connectivity index (χ1) is 10.0. The Morgan fingerprint density at radius 2 is 1.67 bits per heavy atom. The molecule has 0 aliphatic heterocycles. The van der Waals surface area contributed by atoms with E-state index in [2.05, 4.69) is 0 Å². The van der Waals surface area contributed by atoms with Gasteiger partial charge in [-0.2, -0.15) is 0 Å². The Hall–Kier alpha value is -2.23. The number of rotatable bonds is 5. The normalized spacial score (nSPS) is 10.2. The van der Waals surface area contributed by atoms with E-state index in [-0.39, 0.29) is 5.78 Å². The zero-order valence-electron chi connectivity index (χ0n) is 12.9. The van der Waals surface area contributed by atoms with Gasteiger partial charge in [0.2, 0.25) is 0 Å². The van der Waals surface area contributed by atoms with Crippen molar-refractivity contribution in [2.75, 3.05) is 14.2 Å². The summed E-state index contributed by atoms with van der Waals surface area (Å²) in [7, 11) is 5.28. The van der Waals surface area contributed by atoms with E-state index in [1.54, 1.807) is 38.5 Å². The van der Waals surface area contributed by atoms with Crippen molar-refractivity contribution in [1.29, 1.82) is 0 Å². The first-order valence-electron chi connectivity index (χ1n) is 6.86. The van der Waals surface area contributed by atoms with E-state index in [0.29, 0.717) is 12.0 Å². The van der Waals surface area contributed by atoms with Gasteiger partial charge in [-0.1, -0.05) is 11.0 Å². The summed E-state index contributed by atoms with van der Waals surface area (Å²) >= 11 is 0. The van der Waals surface area contributed by atoms with Gasteiger partial charge in [-0.3, -0.25) is 4.79 Å². The first-order valence-corrected chi connectivity index (χ1v) is 6.86. The topological polar surface area (TPSA) is 35.5 Å². The van der Waals surface area contributed by atoms with Crippen LogP contribution in [0.5, 0.6) is 11.5 Å². The summed E-state index contributed by atoms with van der Waals surface area (Å²) in [5.74, 6) is 1.63. The number of methoxy groups -OCH3 is 2. The number of ether oxygens (including phenoxy) is 2. The van der Waals surface area contributed by atoms with E-state index in [0.717, 1.165) is 28.1 Å². The number of Topliss-reactive ketones (excluding diaryl/α,β-unsaturated/α-hetero) is 1. The molecule has 2 rings (SSSR count). The second-order valence-electron chi connectivity index (χ2n) is 5.06. The predicted octanol–water partition coefficient (Wildman–Crippen LogP) is 1.70. The fourth-order valence-corrected chi connectivity index (χ4v) is 2.25. The molecule has 2 aromatic carbocycles. The summed E-state index contributed by atoms with van der Waals surface area (Å²) < 4.78 is 10.4. The van der Waals surface area contributed by atoms with Gasteiger partial charge in [0.05, 0.1) is 14.2 Å². The van der Waals surface area contributed by atoms with Gasteiger partial charge in [-0.05, 0) is 48.9 Å². The molecule has 4 heteroatoms. The number of benzene rings is 2. The van der Waals surface area contributed by atoms with Crippen molar-refractivity contribution in [3.05, 3.63) is 53.1 Å². The zero-order chi connectivity index (χ0) is 15.4. The van der Waals surface area contributed by atoms with Gasteiger partial charge in [0, 0.05) is 12.0 Å². The fourth-order valence-electron chi connectivity index (χ4n) is 2.25. The smallest absolute Gasteiger partial charge is 0.167 e. The molecular weight excluding hydrogens is 263 g/mol. The third-order valence-electron chi connectivity index (χ3n) is 3.75. The Labute approximate surface area is 126 Å². The molecule has 0 saturated heterocycles. The highest BCUT2D eigenvalue weighted by Crippen LogP contribution is 2.18. The van der Waals surface area contributed by atoms with Crippen molar-refractivity contribution in [3.8, 4) is 11.5 Å². The molecule has 0 aliphatic rings. The summed E-state index contributed by atoms with van der Waals surface area (Å²) in [6, 6.07) is 11.1. The lowest BCUT2D eigenvalue weighted by Gasteiger charge is -2.11. The molecule has 0 aromatic heterocycles. The third kappa shape index (κ3) is 3.46. The summed E-state index contributed by atoms with van der Waals surface area (Å²) in [6.07, 6.45) is 0.371. The zero-order valence-corrected chi connectivity index (χ0v) is 12.9. The van der Waals surface area contributed by atoms with Crippen LogP contribution in [0, 0.1) is 6.92 Å². The Kier molecular flexibility index (Phi) is 4.68. The fraction of sp³-hybridized carbons (Fsp3) is 0.235. The molecule has 0 saturated carbocycles. The standard InChI is InChI=1S/C17H19BO3/c1-11-13(8-15(21-3)10-16(11)18)9-17(19)12-4-6-14(20-2)7-5-12/h4-8,10H,9,18H2,1-3H3. The average Bonchev–Trinajstić information content (AvgIpc) is 2.51. The van der Waals surface area contributed by atoms with Crippen molar-refractivity contribution >= 4 is 19.1 Å². The Balaban J connectivity index is 2.24. The second-order valence-corrected chi connectivity index (χ2v) is 5.06. The van der Waals surface area contributed by atoms with Gasteiger partial charge >= 0.3 is 0 Å². The molecule has 0 unspecified atom stereocenters. The molecule has 21 heavy (non-hydrogen) atoms. The second kappa shape index (κ2) is 6.48. The molecule has 0 amide bonds. The van der Waals surface area contributed by atoms with Crippen LogP contribution in [0.4, 0.5) is 0 Å². The van der Waals surface area contributed by atoms with Crippen LogP contribution in [-0.4, -0.2) is 27.8 Å².